The second kappa shape index (κ2) is 17.6. The molecule has 0 aromatic heterocycles. The van der Waals surface area contributed by atoms with Crippen LogP contribution >= 0.6 is 0 Å². The van der Waals surface area contributed by atoms with Crippen LogP contribution in [0.15, 0.2) is 72.8 Å². The van der Waals surface area contributed by atoms with Gasteiger partial charge in [-0.15, -0.1) is 0 Å². The lowest BCUT2D eigenvalue weighted by molar-refractivity contribution is 0.0319. The summed E-state index contributed by atoms with van der Waals surface area (Å²) in [5.74, 6) is 6.67. The van der Waals surface area contributed by atoms with Crippen molar-refractivity contribution in [3.8, 4) is 23.3 Å². The Hall–Kier alpha value is -4.04. The highest BCUT2D eigenvalue weighted by molar-refractivity contribution is 5.91. The summed E-state index contributed by atoms with van der Waals surface area (Å²) in [6.07, 6.45) is 10.1. The van der Waals surface area contributed by atoms with Gasteiger partial charge in [0, 0.05) is 11.1 Å². The fraction of sp³-hybridized carbons (Fsp3) is 0.389. The number of hydrogen-bond acceptors (Lipinski definition) is 5. The van der Waals surface area contributed by atoms with Crippen LogP contribution in [0.1, 0.15) is 110 Å². The molecule has 0 N–H and O–H groups in total. The normalized spacial score (nSPS) is 11.2. The molecule has 0 aliphatic heterocycles. The van der Waals surface area contributed by atoms with Crippen molar-refractivity contribution in [2.45, 2.75) is 84.7 Å². The van der Waals surface area contributed by atoms with Gasteiger partial charge in [0.2, 0.25) is 0 Å². The third-order valence-electron chi connectivity index (χ3n) is 6.67. The summed E-state index contributed by atoms with van der Waals surface area (Å²) in [6, 6.07) is 21.2. The maximum atomic E-state index is 12.6. The van der Waals surface area contributed by atoms with Crippen LogP contribution in [-0.4, -0.2) is 24.6 Å². The lowest BCUT2D eigenvalue weighted by Gasteiger charge is -2.13. The third kappa shape index (κ3) is 11.5. The average Bonchev–Trinajstić information content (AvgIpc) is 2.99. The number of rotatable bonds is 15. The lowest BCUT2D eigenvalue weighted by atomic mass is 10.1. The van der Waals surface area contributed by atoms with Crippen molar-refractivity contribution in [3.05, 3.63) is 95.1 Å². The molecule has 0 radical (unpaired) electrons. The van der Waals surface area contributed by atoms with Crippen LogP contribution < -0.4 is 9.47 Å². The molecular weight excluding hydrogens is 512 g/mol. The van der Waals surface area contributed by atoms with E-state index in [1.165, 1.54) is 38.5 Å². The van der Waals surface area contributed by atoms with Crippen molar-refractivity contribution in [1.82, 2.24) is 0 Å². The minimum Gasteiger partial charge on any atom is -0.494 e. The number of carbonyl (C=O) groups excluding carboxylic acids is 2. The molecule has 0 bridgehead atoms. The molecule has 0 heterocycles. The molecule has 0 aliphatic carbocycles. The van der Waals surface area contributed by atoms with Gasteiger partial charge in [0.25, 0.3) is 0 Å². The molecule has 5 heteroatoms. The summed E-state index contributed by atoms with van der Waals surface area (Å²) in [5.41, 5.74) is 2.51. The van der Waals surface area contributed by atoms with Crippen molar-refractivity contribution >= 4 is 11.9 Å². The van der Waals surface area contributed by atoms with E-state index in [4.69, 9.17) is 14.2 Å². The molecular formula is C36H42O5. The van der Waals surface area contributed by atoms with E-state index in [-0.39, 0.29) is 12.1 Å². The molecule has 0 amide bonds. The van der Waals surface area contributed by atoms with Crippen LogP contribution in [0.5, 0.6) is 11.5 Å². The SMILES string of the molecule is CCCCCCOc1ccc(OC(=O)c2ccc(C#Cc3ccc(C(=O)O[C@H](C)CCCCCC)cc3)cc2)cc1. The number of esters is 2. The van der Waals surface area contributed by atoms with Crippen LogP contribution in [0.2, 0.25) is 0 Å². The zero-order valence-corrected chi connectivity index (χ0v) is 24.6. The first-order valence-electron chi connectivity index (χ1n) is 14.9. The Morgan fingerprint density at radius 3 is 1.71 bits per heavy atom. The predicted molar refractivity (Wildman–Crippen MR) is 164 cm³/mol. The second-order valence-electron chi connectivity index (χ2n) is 10.2. The van der Waals surface area contributed by atoms with Gasteiger partial charge in [-0.3, -0.25) is 0 Å². The van der Waals surface area contributed by atoms with E-state index in [1.807, 2.05) is 31.2 Å². The van der Waals surface area contributed by atoms with Gasteiger partial charge in [-0.05, 0) is 99.0 Å². The molecule has 0 spiro atoms. The molecule has 5 nitrogen and oxygen atoms in total. The summed E-state index contributed by atoms with van der Waals surface area (Å²) in [5, 5.41) is 0. The highest BCUT2D eigenvalue weighted by Crippen LogP contribution is 2.19. The van der Waals surface area contributed by atoms with E-state index >= 15 is 0 Å². The number of benzene rings is 3. The summed E-state index contributed by atoms with van der Waals surface area (Å²) >= 11 is 0. The van der Waals surface area contributed by atoms with Crippen molar-refractivity contribution in [2.75, 3.05) is 6.61 Å². The van der Waals surface area contributed by atoms with Crippen molar-refractivity contribution in [3.63, 3.8) is 0 Å². The molecule has 3 aromatic carbocycles. The average molecular weight is 555 g/mol. The van der Waals surface area contributed by atoms with Crippen molar-refractivity contribution in [2.24, 2.45) is 0 Å². The topological polar surface area (TPSA) is 61.8 Å². The van der Waals surface area contributed by atoms with Crippen molar-refractivity contribution in [1.29, 1.82) is 0 Å². The lowest BCUT2D eigenvalue weighted by Crippen LogP contribution is -2.15. The Morgan fingerprint density at radius 1 is 0.634 bits per heavy atom. The van der Waals surface area contributed by atoms with Gasteiger partial charge in [0.05, 0.1) is 23.8 Å². The Balaban J connectivity index is 1.46. The second-order valence-corrected chi connectivity index (χ2v) is 10.2. The summed E-state index contributed by atoms with van der Waals surface area (Å²) in [6.45, 7) is 7.00. The summed E-state index contributed by atoms with van der Waals surface area (Å²) in [4.78, 5) is 25.0. The van der Waals surface area contributed by atoms with E-state index in [0.717, 1.165) is 36.1 Å². The number of ether oxygens (including phenoxy) is 3. The maximum Gasteiger partial charge on any atom is 0.343 e. The monoisotopic (exact) mass is 554 g/mol. The van der Waals surface area contributed by atoms with Crippen LogP contribution in [0.25, 0.3) is 0 Å². The minimum atomic E-state index is -0.435. The van der Waals surface area contributed by atoms with Crippen LogP contribution in [-0.2, 0) is 4.74 Å². The van der Waals surface area contributed by atoms with Gasteiger partial charge in [-0.25, -0.2) is 9.59 Å². The zero-order chi connectivity index (χ0) is 29.3. The van der Waals surface area contributed by atoms with E-state index in [9.17, 15) is 9.59 Å². The van der Waals surface area contributed by atoms with Gasteiger partial charge in [0.1, 0.15) is 11.5 Å². The quantitative estimate of drug-likeness (QED) is 0.0813. The molecule has 0 saturated heterocycles. The number of unbranched alkanes of at least 4 members (excludes halogenated alkanes) is 6. The Kier molecular flexibility index (Phi) is 13.5. The first-order valence-corrected chi connectivity index (χ1v) is 14.9. The predicted octanol–water partition coefficient (Wildman–Crippen LogP) is 8.78. The van der Waals surface area contributed by atoms with Crippen LogP contribution in [0.4, 0.5) is 0 Å². The molecule has 3 rings (SSSR count). The minimum absolute atomic E-state index is 0.0934. The maximum absolute atomic E-state index is 12.6. The van der Waals surface area contributed by atoms with E-state index in [1.54, 1.807) is 48.5 Å². The van der Waals surface area contributed by atoms with Crippen LogP contribution in [0.3, 0.4) is 0 Å². The fourth-order valence-electron chi connectivity index (χ4n) is 4.18. The van der Waals surface area contributed by atoms with Gasteiger partial charge >= 0.3 is 11.9 Å². The van der Waals surface area contributed by atoms with Crippen molar-refractivity contribution < 1.29 is 23.8 Å². The molecule has 0 aliphatic rings. The molecule has 41 heavy (non-hydrogen) atoms. The summed E-state index contributed by atoms with van der Waals surface area (Å²) < 4.78 is 16.8. The standard InChI is InChI=1S/C36H42O5/c1-4-6-8-10-12-28(3)40-35(37)31-19-15-29(16-20-31)13-14-30-17-21-32(22-18-30)36(38)41-34-25-23-33(24-26-34)39-27-11-9-7-5-2/h15-26,28H,4-12,27H2,1-3H3/t28-/m1/s1. The molecule has 0 unspecified atom stereocenters. The van der Waals surface area contributed by atoms with Gasteiger partial charge in [-0.2, -0.15) is 0 Å². The number of carbonyl (C=O) groups is 2. The molecule has 0 saturated carbocycles. The third-order valence-corrected chi connectivity index (χ3v) is 6.67. The zero-order valence-electron chi connectivity index (χ0n) is 24.6. The molecule has 1 atom stereocenters. The Labute approximate surface area is 245 Å². The van der Waals surface area contributed by atoms with Crippen LogP contribution in [0, 0.1) is 11.8 Å². The van der Waals surface area contributed by atoms with Gasteiger partial charge in [-0.1, -0.05) is 64.2 Å². The fourth-order valence-corrected chi connectivity index (χ4v) is 4.18. The molecule has 3 aromatic rings. The largest absolute Gasteiger partial charge is 0.494 e. The first kappa shape index (κ1) is 31.5. The highest BCUT2D eigenvalue weighted by atomic mass is 16.5. The molecule has 0 fully saturated rings. The Bertz CT molecular complexity index is 1260. The highest BCUT2D eigenvalue weighted by Gasteiger charge is 2.12. The number of hydrogen-bond donors (Lipinski definition) is 0. The van der Waals surface area contributed by atoms with E-state index < -0.39 is 5.97 Å². The summed E-state index contributed by atoms with van der Waals surface area (Å²) in [7, 11) is 0. The van der Waals surface area contributed by atoms with E-state index in [2.05, 4.69) is 25.7 Å². The Morgan fingerprint density at radius 2 is 1.15 bits per heavy atom. The van der Waals surface area contributed by atoms with E-state index in [0.29, 0.717) is 23.5 Å². The first-order chi connectivity index (χ1) is 20.0. The molecule has 216 valence electrons. The van der Waals surface area contributed by atoms with Gasteiger partial charge in [0.15, 0.2) is 0 Å². The smallest absolute Gasteiger partial charge is 0.343 e. The van der Waals surface area contributed by atoms with Gasteiger partial charge < -0.3 is 14.2 Å².